The molecule has 0 spiro atoms. The molecule has 24 heavy (non-hydrogen) atoms. The number of rotatable bonds is 5. The molecule has 0 radical (unpaired) electrons. The van der Waals surface area contributed by atoms with Crippen molar-refractivity contribution in [3.63, 3.8) is 0 Å². The van der Waals surface area contributed by atoms with E-state index >= 15 is 0 Å². The Labute approximate surface area is 149 Å². The topological polar surface area (TPSA) is 57.7 Å². The van der Waals surface area contributed by atoms with Crippen molar-refractivity contribution in [2.45, 2.75) is 49.0 Å². The standard InChI is InChI=1S/C17H21NO4S2/c1-17(2)21-11(9-15(19)20-3)8-12(22-17)10-23-16-18-13-6-4-5-7-14(13)24-16/h4-7,11-12H,8-10H2,1-3H3/t11-,12-/m0/s1. The monoisotopic (exact) mass is 367 g/mol. The second-order valence-electron chi connectivity index (χ2n) is 6.15. The van der Waals surface area contributed by atoms with Gasteiger partial charge in [-0.05, 0) is 26.0 Å². The number of benzene rings is 1. The fourth-order valence-electron chi connectivity index (χ4n) is 2.79. The van der Waals surface area contributed by atoms with E-state index in [4.69, 9.17) is 14.2 Å². The lowest BCUT2D eigenvalue weighted by molar-refractivity contribution is -0.295. The molecule has 2 atom stereocenters. The first-order valence-electron chi connectivity index (χ1n) is 7.86. The normalized spacial score (nSPS) is 23.3. The van der Waals surface area contributed by atoms with Crippen LogP contribution in [0.4, 0.5) is 0 Å². The first-order chi connectivity index (χ1) is 11.4. The Morgan fingerprint density at radius 1 is 1.38 bits per heavy atom. The van der Waals surface area contributed by atoms with Gasteiger partial charge in [0.15, 0.2) is 10.1 Å². The van der Waals surface area contributed by atoms with Crippen LogP contribution < -0.4 is 0 Å². The van der Waals surface area contributed by atoms with E-state index in [-0.39, 0.29) is 24.6 Å². The van der Waals surface area contributed by atoms with Crippen molar-refractivity contribution in [2.24, 2.45) is 0 Å². The fraction of sp³-hybridized carbons (Fsp3) is 0.529. The first-order valence-corrected chi connectivity index (χ1v) is 9.66. The van der Waals surface area contributed by atoms with Crippen molar-refractivity contribution in [3.8, 4) is 0 Å². The first kappa shape index (κ1) is 17.7. The summed E-state index contributed by atoms with van der Waals surface area (Å²) in [5, 5.41) is 0. The Bertz CT molecular complexity index is 682. The zero-order chi connectivity index (χ0) is 17.2. The van der Waals surface area contributed by atoms with Gasteiger partial charge in [0.2, 0.25) is 0 Å². The number of thioether (sulfide) groups is 1. The number of carbonyl (C=O) groups is 1. The van der Waals surface area contributed by atoms with Crippen LogP contribution in [0.5, 0.6) is 0 Å². The summed E-state index contributed by atoms with van der Waals surface area (Å²) < 4.78 is 18.8. The molecule has 3 rings (SSSR count). The van der Waals surface area contributed by atoms with Gasteiger partial charge in [-0.1, -0.05) is 23.9 Å². The number of nitrogens with zero attached hydrogens (tertiary/aromatic N) is 1. The summed E-state index contributed by atoms with van der Waals surface area (Å²) >= 11 is 3.38. The van der Waals surface area contributed by atoms with E-state index in [2.05, 4.69) is 11.1 Å². The molecule has 1 aliphatic rings. The molecule has 1 aromatic carbocycles. The predicted molar refractivity (Wildman–Crippen MR) is 95.4 cm³/mol. The van der Waals surface area contributed by atoms with Crippen LogP contribution >= 0.6 is 23.1 Å². The lowest BCUT2D eigenvalue weighted by Crippen LogP contribution is -2.46. The maximum absolute atomic E-state index is 11.5. The zero-order valence-electron chi connectivity index (χ0n) is 14.0. The quantitative estimate of drug-likeness (QED) is 0.591. The Morgan fingerprint density at radius 2 is 2.12 bits per heavy atom. The second-order valence-corrected chi connectivity index (χ2v) is 8.45. The highest BCUT2D eigenvalue weighted by molar-refractivity contribution is 8.01. The Balaban J connectivity index is 1.61. The summed E-state index contributed by atoms with van der Waals surface area (Å²) in [7, 11) is 1.40. The number of hydrogen-bond acceptors (Lipinski definition) is 7. The van der Waals surface area contributed by atoms with E-state index in [1.807, 2.05) is 32.0 Å². The van der Waals surface area contributed by atoms with Crippen molar-refractivity contribution in [2.75, 3.05) is 12.9 Å². The van der Waals surface area contributed by atoms with Crippen molar-refractivity contribution in [3.05, 3.63) is 24.3 Å². The number of esters is 1. The lowest BCUT2D eigenvalue weighted by atomic mass is 10.1. The number of aromatic nitrogens is 1. The molecular formula is C17H21NO4S2. The average Bonchev–Trinajstić information content (AvgIpc) is 2.94. The van der Waals surface area contributed by atoms with Crippen LogP contribution in [0.2, 0.25) is 0 Å². The highest BCUT2D eigenvalue weighted by Gasteiger charge is 2.36. The average molecular weight is 367 g/mol. The summed E-state index contributed by atoms with van der Waals surface area (Å²) in [5.74, 6) is -0.171. The molecule has 0 unspecified atom stereocenters. The molecule has 0 bridgehead atoms. The van der Waals surface area contributed by atoms with Gasteiger partial charge in [-0.3, -0.25) is 4.79 Å². The summed E-state index contributed by atoms with van der Waals surface area (Å²) in [6.45, 7) is 3.76. The number of para-hydroxylation sites is 1. The zero-order valence-corrected chi connectivity index (χ0v) is 15.6. The Hall–Kier alpha value is -1.15. The van der Waals surface area contributed by atoms with Crippen molar-refractivity contribution < 1.29 is 19.0 Å². The van der Waals surface area contributed by atoms with E-state index in [0.29, 0.717) is 6.42 Å². The minimum absolute atomic E-state index is 0.0143. The minimum atomic E-state index is -0.699. The summed E-state index contributed by atoms with van der Waals surface area (Å²) in [6.07, 6.45) is 0.768. The van der Waals surface area contributed by atoms with Crippen LogP contribution in [0.3, 0.4) is 0 Å². The van der Waals surface area contributed by atoms with Gasteiger partial charge < -0.3 is 14.2 Å². The number of ether oxygens (including phenoxy) is 3. The molecule has 0 aliphatic carbocycles. The van der Waals surface area contributed by atoms with Gasteiger partial charge in [0.1, 0.15) is 0 Å². The molecule has 2 aromatic rings. The summed E-state index contributed by atoms with van der Waals surface area (Å²) in [6, 6.07) is 8.13. The third-order valence-corrected chi connectivity index (χ3v) is 6.03. The van der Waals surface area contributed by atoms with Crippen molar-refractivity contribution in [1.29, 1.82) is 0 Å². The molecule has 130 valence electrons. The minimum Gasteiger partial charge on any atom is -0.469 e. The van der Waals surface area contributed by atoms with Crippen LogP contribution in [0.15, 0.2) is 28.6 Å². The molecule has 0 N–H and O–H groups in total. The molecule has 1 fully saturated rings. The maximum atomic E-state index is 11.5. The highest BCUT2D eigenvalue weighted by atomic mass is 32.2. The van der Waals surface area contributed by atoms with Gasteiger partial charge in [-0.2, -0.15) is 0 Å². The van der Waals surface area contributed by atoms with Gasteiger partial charge in [0, 0.05) is 12.2 Å². The summed E-state index contributed by atoms with van der Waals surface area (Å²) in [5.41, 5.74) is 1.03. The fourth-order valence-corrected chi connectivity index (χ4v) is 4.89. The molecule has 1 aliphatic heterocycles. The highest BCUT2D eigenvalue weighted by Crippen LogP contribution is 2.34. The number of thiazole rings is 1. The number of methoxy groups -OCH3 is 1. The Kier molecular flexibility index (Phi) is 5.44. The van der Waals surface area contributed by atoms with Crippen molar-refractivity contribution in [1.82, 2.24) is 4.98 Å². The number of fused-ring (bicyclic) bond motifs is 1. The van der Waals surface area contributed by atoms with Crippen LogP contribution in [-0.4, -0.2) is 41.8 Å². The SMILES string of the molecule is COC(=O)C[C@@H]1C[C@@H](CSc2nc3ccccc3s2)OC(C)(C)O1. The second kappa shape index (κ2) is 7.39. The van der Waals surface area contributed by atoms with E-state index in [1.165, 1.54) is 11.8 Å². The molecule has 5 nitrogen and oxygen atoms in total. The Morgan fingerprint density at radius 3 is 2.88 bits per heavy atom. The van der Waals surface area contributed by atoms with Gasteiger partial charge in [0.05, 0.1) is 36.0 Å². The van der Waals surface area contributed by atoms with E-state index in [0.717, 1.165) is 15.6 Å². The van der Waals surface area contributed by atoms with E-state index < -0.39 is 5.79 Å². The third kappa shape index (κ3) is 4.47. The molecular weight excluding hydrogens is 346 g/mol. The number of carbonyl (C=O) groups excluding carboxylic acids is 1. The summed E-state index contributed by atoms with van der Waals surface area (Å²) in [4.78, 5) is 16.2. The largest absolute Gasteiger partial charge is 0.469 e. The van der Waals surface area contributed by atoms with E-state index in [1.54, 1.807) is 23.1 Å². The smallest absolute Gasteiger partial charge is 0.308 e. The van der Waals surface area contributed by atoms with Crippen LogP contribution in [0.25, 0.3) is 10.2 Å². The molecule has 0 saturated carbocycles. The van der Waals surface area contributed by atoms with Gasteiger partial charge in [-0.15, -0.1) is 11.3 Å². The molecule has 7 heteroatoms. The molecule has 1 aromatic heterocycles. The van der Waals surface area contributed by atoms with Crippen molar-refractivity contribution >= 4 is 39.3 Å². The molecule has 1 saturated heterocycles. The number of hydrogen-bond donors (Lipinski definition) is 0. The maximum Gasteiger partial charge on any atom is 0.308 e. The lowest BCUT2D eigenvalue weighted by Gasteiger charge is -2.40. The van der Waals surface area contributed by atoms with Gasteiger partial charge in [-0.25, -0.2) is 4.98 Å². The van der Waals surface area contributed by atoms with Gasteiger partial charge >= 0.3 is 5.97 Å². The molecule has 0 amide bonds. The van der Waals surface area contributed by atoms with Gasteiger partial charge in [0.25, 0.3) is 0 Å². The predicted octanol–water partition coefficient (Wildman–Crippen LogP) is 3.86. The van der Waals surface area contributed by atoms with E-state index in [9.17, 15) is 4.79 Å². The van der Waals surface area contributed by atoms with Crippen LogP contribution in [0, 0.1) is 0 Å². The molecule has 2 heterocycles. The van der Waals surface area contributed by atoms with Crippen LogP contribution in [-0.2, 0) is 19.0 Å². The van der Waals surface area contributed by atoms with Crippen LogP contribution in [0.1, 0.15) is 26.7 Å². The third-order valence-electron chi connectivity index (χ3n) is 3.72.